The summed E-state index contributed by atoms with van der Waals surface area (Å²) in [7, 11) is 0. The molecule has 2 amide bonds. The highest BCUT2D eigenvalue weighted by Crippen LogP contribution is 2.14. The normalized spacial score (nSPS) is 9.80. The van der Waals surface area contributed by atoms with E-state index in [2.05, 4.69) is 10.6 Å². The number of hydrogen-bond donors (Lipinski definition) is 3. The molecule has 0 aliphatic rings. The van der Waals surface area contributed by atoms with E-state index in [0.717, 1.165) is 18.2 Å². The molecule has 15 heavy (non-hydrogen) atoms. The van der Waals surface area contributed by atoms with Crippen LogP contribution in [0.5, 0.6) is 0 Å². The molecule has 4 nitrogen and oxygen atoms in total. The van der Waals surface area contributed by atoms with Crippen molar-refractivity contribution in [1.82, 2.24) is 5.32 Å². The van der Waals surface area contributed by atoms with Crippen LogP contribution in [0.4, 0.5) is 19.3 Å². The Bertz CT molecular complexity index is 357. The third-order valence-electron chi connectivity index (χ3n) is 1.61. The van der Waals surface area contributed by atoms with Crippen molar-refractivity contribution in [1.29, 1.82) is 0 Å². The summed E-state index contributed by atoms with van der Waals surface area (Å²) in [5, 5.41) is 4.53. The summed E-state index contributed by atoms with van der Waals surface area (Å²) in [6.07, 6.45) is 0. The van der Waals surface area contributed by atoms with Gasteiger partial charge in [0.15, 0.2) is 0 Å². The van der Waals surface area contributed by atoms with Crippen molar-refractivity contribution in [3.8, 4) is 0 Å². The summed E-state index contributed by atoms with van der Waals surface area (Å²) < 4.78 is 25.7. The van der Waals surface area contributed by atoms with Crippen molar-refractivity contribution in [2.75, 3.05) is 18.4 Å². The van der Waals surface area contributed by atoms with Gasteiger partial charge in [-0.1, -0.05) is 0 Å². The second-order valence-electron chi connectivity index (χ2n) is 2.79. The summed E-state index contributed by atoms with van der Waals surface area (Å²) >= 11 is 0. The van der Waals surface area contributed by atoms with Crippen molar-refractivity contribution >= 4 is 11.7 Å². The Morgan fingerprint density at radius 3 is 2.80 bits per heavy atom. The average Bonchev–Trinajstić information content (AvgIpc) is 2.20. The Balaban J connectivity index is 2.63. The Hall–Kier alpha value is -1.69. The quantitative estimate of drug-likeness (QED) is 0.705. The number of halogens is 2. The maximum absolute atomic E-state index is 13.0. The molecule has 0 radical (unpaired) electrons. The third-order valence-corrected chi connectivity index (χ3v) is 1.61. The number of rotatable bonds is 3. The number of benzene rings is 1. The fourth-order valence-corrected chi connectivity index (χ4v) is 0.945. The Kier molecular flexibility index (Phi) is 3.99. The van der Waals surface area contributed by atoms with Gasteiger partial charge in [-0.2, -0.15) is 0 Å². The van der Waals surface area contributed by atoms with E-state index >= 15 is 0 Å². The summed E-state index contributed by atoms with van der Waals surface area (Å²) in [6.45, 7) is 0.543. The number of carbonyl (C=O) groups excluding carboxylic acids is 1. The number of carbonyl (C=O) groups is 1. The highest BCUT2D eigenvalue weighted by atomic mass is 19.1. The molecular weight excluding hydrogens is 204 g/mol. The highest BCUT2D eigenvalue weighted by Gasteiger charge is 2.06. The Labute approximate surface area is 85.5 Å². The minimum Gasteiger partial charge on any atom is -0.337 e. The lowest BCUT2D eigenvalue weighted by Gasteiger charge is -2.07. The fraction of sp³-hybridized carbons (Fsp3) is 0.222. The van der Waals surface area contributed by atoms with Crippen LogP contribution < -0.4 is 16.4 Å². The van der Waals surface area contributed by atoms with Crippen molar-refractivity contribution in [3.63, 3.8) is 0 Å². The van der Waals surface area contributed by atoms with Crippen molar-refractivity contribution in [2.45, 2.75) is 0 Å². The number of hydrogen-bond acceptors (Lipinski definition) is 2. The third kappa shape index (κ3) is 3.51. The Morgan fingerprint density at radius 1 is 1.40 bits per heavy atom. The zero-order valence-electron chi connectivity index (χ0n) is 7.89. The molecule has 0 saturated heterocycles. The van der Waals surface area contributed by atoms with E-state index in [9.17, 15) is 13.6 Å². The van der Waals surface area contributed by atoms with Crippen LogP contribution in [0.1, 0.15) is 0 Å². The lowest BCUT2D eigenvalue weighted by Crippen LogP contribution is -2.33. The van der Waals surface area contributed by atoms with Gasteiger partial charge < -0.3 is 16.4 Å². The molecule has 0 fully saturated rings. The first-order valence-corrected chi connectivity index (χ1v) is 4.33. The smallest absolute Gasteiger partial charge is 0.319 e. The first-order valence-electron chi connectivity index (χ1n) is 4.33. The van der Waals surface area contributed by atoms with E-state index in [0.29, 0.717) is 0 Å². The van der Waals surface area contributed by atoms with Crippen LogP contribution in [0.25, 0.3) is 0 Å². The number of urea groups is 1. The number of nitrogens with one attached hydrogen (secondary N) is 2. The Morgan fingerprint density at radius 2 is 2.13 bits per heavy atom. The van der Waals surface area contributed by atoms with E-state index in [-0.39, 0.29) is 18.8 Å². The number of nitrogens with two attached hydrogens (primary N) is 1. The van der Waals surface area contributed by atoms with Gasteiger partial charge >= 0.3 is 6.03 Å². The fourth-order valence-electron chi connectivity index (χ4n) is 0.945. The molecular formula is C9H11F2N3O. The van der Waals surface area contributed by atoms with Gasteiger partial charge in [-0.05, 0) is 12.1 Å². The predicted octanol–water partition coefficient (Wildman–Crippen LogP) is 1.04. The minimum atomic E-state index is -0.695. The van der Waals surface area contributed by atoms with Crippen molar-refractivity contribution in [3.05, 3.63) is 29.8 Å². The van der Waals surface area contributed by atoms with Crippen LogP contribution in [0.3, 0.4) is 0 Å². The second kappa shape index (κ2) is 5.26. The molecule has 0 atom stereocenters. The molecule has 0 aliphatic carbocycles. The van der Waals surface area contributed by atoms with Gasteiger partial charge in [-0.15, -0.1) is 0 Å². The average molecular weight is 215 g/mol. The largest absolute Gasteiger partial charge is 0.337 e. The van der Waals surface area contributed by atoms with Crippen LogP contribution in [-0.4, -0.2) is 19.1 Å². The molecule has 0 saturated carbocycles. The van der Waals surface area contributed by atoms with Crippen molar-refractivity contribution < 1.29 is 13.6 Å². The van der Waals surface area contributed by atoms with Crippen LogP contribution in [0.15, 0.2) is 18.2 Å². The molecule has 1 aromatic carbocycles. The van der Waals surface area contributed by atoms with Gasteiger partial charge in [0.2, 0.25) is 0 Å². The standard InChI is InChI=1S/C9H11F2N3O/c10-6-1-2-7(11)8(5-6)14-9(15)13-4-3-12/h1-2,5H,3-4,12H2,(H2,13,14,15). The first-order chi connectivity index (χ1) is 7.13. The molecule has 0 spiro atoms. The maximum Gasteiger partial charge on any atom is 0.319 e. The van der Waals surface area contributed by atoms with Crippen LogP contribution >= 0.6 is 0 Å². The summed E-state index contributed by atoms with van der Waals surface area (Å²) in [5.41, 5.74) is 4.94. The molecule has 4 N–H and O–H groups in total. The molecule has 0 heterocycles. The predicted molar refractivity (Wildman–Crippen MR) is 52.4 cm³/mol. The lowest BCUT2D eigenvalue weighted by atomic mass is 10.3. The highest BCUT2D eigenvalue weighted by molar-refractivity contribution is 5.89. The molecule has 1 rings (SSSR count). The summed E-state index contributed by atoms with van der Waals surface area (Å²) in [4.78, 5) is 11.1. The molecule has 0 aliphatic heterocycles. The maximum atomic E-state index is 13.0. The van der Waals surface area contributed by atoms with Gasteiger partial charge in [0.1, 0.15) is 11.6 Å². The number of amides is 2. The van der Waals surface area contributed by atoms with Crippen LogP contribution in [-0.2, 0) is 0 Å². The summed E-state index contributed by atoms with van der Waals surface area (Å²) in [6, 6.07) is 2.19. The van der Waals surface area contributed by atoms with E-state index in [4.69, 9.17) is 5.73 Å². The van der Waals surface area contributed by atoms with E-state index in [1.54, 1.807) is 0 Å². The molecule has 0 aromatic heterocycles. The SMILES string of the molecule is NCCNC(=O)Nc1cc(F)ccc1F. The monoisotopic (exact) mass is 215 g/mol. The molecule has 6 heteroatoms. The second-order valence-corrected chi connectivity index (χ2v) is 2.79. The molecule has 1 aromatic rings. The zero-order valence-corrected chi connectivity index (χ0v) is 7.89. The van der Waals surface area contributed by atoms with Crippen LogP contribution in [0, 0.1) is 11.6 Å². The molecule has 0 unspecified atom stereocenters. The van der Waals surface area contributed by atoms with E-state index in [1.807, 2.05) is 0 Å². The van der Waals surface area contributed by atoms with Gasteiger partial charge in [0.05, 0.1) is 5.69 Å². The molecule has 0 bridgehead atoms. The minimum absolute atomic E-state index is 0.204. The van der Waals surface area contributed by atoms with Gasteiger partial charge in [0, 0.05) is 19.2 Å². The number of anilines is 1. The lowest BCUT2D eigenvalue weighted by molar-refractivity contribution is 0.252. The van der Waals surface area contributed by atoms with Crippen molar-refractivity contribution in [2.24, 2.45) is 5.73 Å². The van der Waals surface area contributed by atoms with Gasteiger partial charge in [-0.3, -0.25) is 0 Å². The van der Waals surface area contributed by atoms with Crippen LogP contribution in [0.2, 0.25) is 0 Å². The van der Waals surface area contributed by atoms with E-state index < -0.39 is 17.7 Å². The zero-order chi connectivity index (χ0) is 11.3. The molecule has 82 valence electrons. The summed E-state index contributed by atoms with van der Waals surface area (Å²) in [5.74, 6) is -1.31. The van der Waals surface area contributed by atoms with Gasteiger partial charge in [0.25, 0.3) is 0 Å². The van der Waals surface area contributed by atoms with E-state index in [1.165, 1.54) is 0 Å². The topological polar surface area (TPSA) is 67.1 Å². The van der Waals surface area contributed by atoms with Gasteiger partial charge in [-0.25, -0.2) is 13.6 Å². The first kappa shape index (κ1) is 11.4.